The topological polar surface area (TPSA) is 105 Å². The third-order valence-corrected chi connectivity index (χ3v) is 7.13. The van der Waals surface area contributed by atoms with Crippen LogP contribution in [0.1, 0.15) is 37.8 Å². The standard InChI is InChI=1S/C20H23F2N7O2S/c1-32(30,31)27-13-4-5-20(9-13)6-7-28(11-20)18-8-15(24-12-25-18)16-10-23-17-3-2-14(19(21)22)26-29(16)17/h2-3,8,10,12-13,19,27H,4-7,9,11H2,1H3. The number of halogens is 2. The van der Waals surface area contributed by atoms with E-state index in [0.29, 0.717) is 17.0 Å². The molecule has 1 saturated heterocycles. The Morgan fingerprint density at radius 3 is 2.84 bits per heavy atom. The highest BCUT2D eigenvalue weighted by molar-refractivity contribution is 7.88. The first-order chi connectivity index (χ1) is 15.2. The molecule has 4 heterocycles. The number of hydrogen-bond donors (Lipinski definition) is 1. The van der Waals surface area contributed by atoms with E-state index >= 15 is 0 Å². The number of fused-ring (bicyclic) bond motifs is 1. The number of nitrogens with zero attached hydrogens (tertiary/aromatic N) is 6. The molecule has 1 aliphatic carbocycles. The predicted molar refractivity (Wildman–Crippen MR) is 114 cm³/mol. The van der Waals surface area contributed by atoms with Gasteiger partial charge in [-0.1, -0.05) is 0 Å². The van der Waals surface area contributed by atoms with E-state index in [-0.39, 0.29) is 17.2 Å². The smallest absolute Gasteiger partial charge is 0.282 e. The fourth-order valence-electron chi connectivity index (χ4n) is 4.95. The van der Waals surface area contributed by atoms with Gasteiger partial charge in [-0.2, -0.15) is 5.10 Å². The molecule has 1 saturated carbocycles. The zero-order valence-electron chi connectivity index (χ0n) is 17.4. The highest BCUT2D eigenvalue weighted by Crippen LogP contribution is 2.46. The molecule has 32 heavy (non-hydrogen) atoms. The van der Waals surface area contributed by atoms with Gasteiger partial charge in [-0.05, 0) is 43.2 Å². The quantitative estimate of drug-likeness (QED) is 0.620. The molecular weight excluding hydrogens is 440 g/mol. The lowest BCUT2D eigenvalue weighted by Crippen LogP contribution is -2.34. The number of imidazole rings is 1. The van der Waals surface area contributed by atoms with Gasteiger partial charge in [-0.25, -0.2) is 41.4 Å². The Balaban J connectivity index is 1.38. The molecule has 3 aromatic heterocycles. The van der Waals surface area contributed by atoms with Gasteiger partial charge in [0.2, 0.25) is 10.0 Å². The molecule has 3 aromatic rings. The van der Waals surface area contributed by atoms with Gasteiger partial charge in [0.1, 0.15) is 23.5 Å². The summed E-state index contributed by atoms with van der Waals surface area (Å²) in [7, 11) is -3.22. The molecule has 1 spiro atoms. The van der Waals surface area contributed by atoms with E-state index in [1.54, 1.807) is 6.20 Å². The lowest BCUT2D eigenvalue weighted by molar-refractivity contribution is 0.144. The van der Waals surface area contributed by atoms with Crippen LogP contribution in [0.2, 0.25) is 0 Å². The highest BCUT2D eigenvalue weighted by Gasteiger charge is 2.45. The van der Waals surface area contributed by atoms with Gasteiger partial charge in [0.25, 0.3) is 6.43 Å². The number of hydrogen-bond acceptors (Lipinski definition) is 7. The van der Waals surface area contributed by atoms with Gasteiger partial charge < -0.3 is 4.90 Å². The van der Waals surface area contributed by atoms with Gasteiger partial charge in [0, 0.05) is 25.2 Å². The zero-order valence-corrected chi connectivity index (χ0v) is 18.3. The summed E-state index contributed by atoms with van der Waals surface area (Å²) in [6, 6.07) is 4.56. The van der Waals surface area contributed by atoms with E-state index in [1.807, 2.05) is 6.07 Å². The van der Waals surface area contributed by atoms with Gasteiger partial charge in [-0.3, -0.25) is 0 Å². The van der Waals surface area contributed by atoms with Crippen molar-refractivity contribution in [2.45, 2.75) is 38.2 Å². The molecule has 2 fully saturated rings. The van der Waals surface area contributed by atoms with E-state index in [4.69, 9.17) is 0 Å². The van der Waals surface area contributed by atoms with E-state index in [1.165, 1.54) is 29.2 Å². The lowest BCUT2D eigenvalue weighted by Gasteiger charge is -2.25. The van der Waals surface area contributed by atoms with Crippen LogP contribution in [0.3, 0.4) is 0 Å². The summed E-state index contributed by atoms with van der Waals surface area (Å²) in [5.41, 5.74) is 1.25. The van der Waals surface area contributed by atoms with E-state index in [9.17, 15) is 17.2 Å². The van der Waals surface area contributed by atoms with Crippen molar-refractivity contribution < 1.29 is 17.2 Å². The summed E-state index contributed by atoms with van der Waals surface area (Å²) in [4.78, 5) is 15.2. The van der Waals surface area contributed by atoms with Crippen LogP contribution in [0.25, 0.3) is 17.0 Å². The van der Waals surface area contributed by atoms with Crippen molar-refractivity contribution >= 4 is 21.5 Å². The van der Waals surface area contributed by atoms with Crippen molar-refractivity contribution in [3.8, 4) is 11.4 Å². The van der Waals surface area contributed by atoms with Gasteiger partial charge in [-0.15, -0.1) is 0 Å². The monoisotopic (exact) mass is 463 g/mol. The van der Waals surface area contributed by atoms with Crippen LogP contribution in [0, 0.1) is 5.41 Å². The van der Waals surface area contributed by atoms with Crippen LogP contribution < -0.4 is 9.62 Å². The van der Waals surface area contributed by atoms with Crippen molar-refractivity contribution in [1.29, 1.82) is 0 Å². The van der Waals surface area contributed by atoms with Gasteiger partial charge in [0.15, 0.2) is 5.65 Å². The second-order valence-electron chi connectivity index (χ2n) is 8.74. The first-order valence-electron chi connectivity index (χ1n) is 10.4. The molecule has 1 aliphatic heterocycles. The van der Waals surface area contributed by atoms with Crippen LogP contribution in [0.5, 0.6) is 0 Å². The molecule has 5 rings (SSSR count). The Bertz CT molecular complexity index is 1270. The molecular formula is C20H23F2N7O2S. The number of rotatable bonds is 5. The Morgan fingerprint density at radius 1 is 1.22 bits per heavy atom. The molecule has 9 nitrogen and oxygen atoms in total. The van der Waals surface area contributed by atoms with Crippen LogP contribution in [0.4, 0.5) is 14.6 Å². The molecule has 0 radical (unpaired) electrons. The summed E-state index contributed by atoms with van der Waals surface area (Å²) in [6.07, 6.45) is 5.09. The minimum absolute atomic E-state index is 0.0285. The molecule has 2 unspecified atom stereocenters. The van der Waals surface area contributed by atoms with Crippen molar-refractivity contribution in [1.82, 2.24) is 29.3 Å². The molecule has 2 aliphatic rings. The Morgan fingerprint density at radius 2 is 2.06 bits per heavy atom. The predicted octanol–water partition coefficient (Wildman–Crippen LogP) is 2.42. The Labute approximate surface area is 183 Å². The maximum Gasteiger partial charge on any atom is 0.282 e. The van der Waals surface area contributed by atoms with Crippen molar-refractivity contribution in [2.75, 3.05) is 24.2 Å². The SMILES string of the molecule is CS(=O)(=O)NC1CCC2(CCN(c3cc(-c4cnc5ccc(C(F)F)nn45)ncn3)C2)C1. The molecule has 2 atom stereocenters. The lowest BCUT2D eigenvalue weighted by atomic mass is 9.85. The number of sulfonamides is 1. The third-order valence-electron chi connectivity index (χ3n) is 6.37. The van der Waals surface area contributed by atoms with Crippen molar-refractivity contribution in [3.05, 3.63) is 36.4 Å². The van der Waals surface area contributed by atoms with Crippen LogP contribution in [-0.2, 0) is 10.0 Å². The molecule has 0 aromatic carbocycles. The fourth-order valence-corrected chi connectivity index (χ4v) is 5.76. The second kappa shape index (κ2) is 7.69. The van der Waals surface area contributed by atoms with Crippen LogP contribution in [0.15, 0.2) is 30.7 Å². The number of aromatic nitrogens is 5. The number of nitrogens with one attached hydrogen (secondary N) is 1. The average molecular weight is 464 g/mol. The summed E-state index contributed by atoms with van der Waals surface area (Å²) >= 11 is 0. The molecule has 170 valence electrons. The first-order valence-corrected chi connectivity index (χ1v) is 12.3. The third kappa shape index (κ3) is 4.04. The minimum Gasteiger partial charge on any atom is -0.356 e. The van der Waals surface area contributed by atoms with Crippen LogP contribution in [-0.4, -0.2) is 58.4 Å². The highest BCUT2D eigenvalue weighted by atomic mass is 32.2. The summed E-state index contributed by atoms with van der Waals surface area (Å²) in [5.74, 6) is 0.742. The largest absolute Gasteiger partial charge is 0.356 e. The molecule has 1 N–H and O–H groups in total. The number of alkyl halides is 2. The average Bonchev–Trinajstić information content (AvgIpc) is 3.45. The van der Waals surface area contributed by atoms with Gasteiger partial charge >= 0.3 is 0 Å². The minimum atomic E-state index is -3.22. The maximum absolute atomic E-state index is 13.1. The maximum atomic E-state index is 13.1. The first kappa shape index (κ1) is 21.1. The summed E-state index contributed by atoms with van der Waals surface area (Å²) in [6.45, 7) is 1.59. The summed E-state index contributed by atoms with van der Waals surface area (Å²) < 4.78 is 53.5. The van der Waals surface area contributed by atoms with E-state index in [2.05, 4.69) is 29.7 Å². The normalized spacial score (nSPS) is 23.8. The van der Waals surface area contributed by atoms with Crippen molar-refractivity contribution in [2.24, 2.45) is 5.41 Å². The zero-order chi connectivity index (χ0) is 22.5. The fraction of sp³-hybridized carbons (Fsp3) is 0.500. The molecule has 0 amide bonds. The van der Waals surface area contributed by atoms with E-state index in [0.717, 1.165) is 44.6 Å². The van der Waals surface area contributed by atoms with Gasteiger partial charge in [0.05, 0.1) is 18.1 Å². The van der Waals surface area contributed by atoms with Crippen molar-refractivity contribution in [3.63, 3.8) is 0 Å². The Hall–Kier alpha value is -2.73. The summed E-state index contributed by atoms with van der Waals surface area (Å²) in [5, 5.41) is 4.01. The van der Waals surface area contributed by atoms with Crippen LogP contribution >= 0.6 is 0 Å². The number of anilines is 1. The van der Waals surface area contributed by atoms with E-state index < -0.39 is 16.4 Å². The Kier molecular flexibility index (Phi) is 5.08. The second-order valence-corrected chi connectivity index (χ2v) is 10.5. The molecule has 0 bridgehead atoms. The molecule has 12 heteroatoms.